The van der Waals surface area contributed by atoms with Gasteiger partial charge in [-0.1, -0.05) is 19.1 Å². The normalized spacial score (nSPS) is 19.0. The van der Waals surface area contributed by atoms with E-state index in [1.165, 1.54) is 54.6 Å². The maximum absolute atomic E-state index is 3.70. The summed E-state index contributed by atoms with van der Waals surface area (Å²) in [6.45, 7) is 10.5. The van der Waals surface area contributed by atoms with Crippen LogP contribution in [-0.4, -0.2) is 30.6 Å². The van der Waals surface area contributed by atoms with Gasteiger partial charge in [0, 0.05) is 16.2 Å². The van der Waals surface area contributed by atoms with Gasteiger partial charge in [-0.2, -0.15) is 0 Å². The minimum absolute atomic E-state index is 0.539. The Bertz CT molecular complexity index is 425. The molecule has 2 nitrogen and oxygen atoms in total. The van der Waals surface area contributed by atoms with Crippen LogP contribution in [0.5, 0.6) is 0 Å². The molecule has 0 spiro atoms. The first kappa shape index (κ1) is 15.8. The number of likely N-dealkylation sites (tertiary alicyclic amines) is 1. The Morgan fingerprint density at radius 2 is 2.05 bits per heavy atom. The molecule has 1 aromatic rings. The Labute approximate surface area is 132 Å². The van der Waals surface area contributed by atoms with Gasteiger partial charge in [0.25, 0.3) is 0 Å². The van der Waals surface area contributed by atoms with Crippen molar-refractivity contribution < 1.29 is 0 Å². The highest BCUT2D eigenvalue weighted by atomic mass is 79.9. The molecule has 1 aliphatic heterocycles. The molecule has 2 rings (SSSR count). The van der Waals surface area contributed by atoms with E-state index < -0.39 is 0 Å². The molecule has 1 N–H and O–H groups in total. The van der Waals surface area contributed by atoms with E-state index >= 15 is 0 Å². The predicted molar refractivity (Wildman–Crippen MR) is 91.4 cm³/mol. The summed E-state index contributed by atoms with van der Waals surface area (Å²) in [5.41, 5.74) is 2.52. The summed E-state index contributed by atoms with van der Waals surface area (Å²) in [6, 6.07) is 6.97. The zero-order valence-corrected chi connectivity index (χ0v) is 14.5. The first-order valence-electron chi connectivity index (χ1n) is 7.85. The molecule has 3 heteroatoms. The number of benzene rings is 1. The molecular formula is C17H27BrN2. The average Bonchev–Trinajstić information content (AvgIpc) is 2.45. The summed E-state index contributed by atoms with van der Waals surface area (Å²) >= 11 is 3.69. The maximum atomic E-state index is 3.70. The summed E-state index contributed by atoms with van der Waals surface area (Å²) in [5, 5.41) is 3.70. The SMILES string of the molecule is CCCN1CCC(C(C)Nc2cccc(C)c2Br)CC1. The maximum Gasteiger partial charge on any atom is 0.0489 e. The number of nitrogens with zero attached hydrogens (tertiary/aromatic N) is 1. The first-order chi connectivity index (χ1) is 9.61. The van der Waals surface area contributed by atoms with Crippen LogP contribution in [-0.2, 0) is 0 Å². The second kappa shape index (κ2) is 7.46. The predicted octanol–water partition coefficient (Wildman–Crippen LogP) is 4.68. The largest absolute Gasteiger partial charge is 0.381 e. The van der Waals surface area contributed by atoms with Crippen LogP contribution in [0.4, 0.5) is 5.69 Å². The summed E-state index contributed by atoms with van der Waals surface area (Å²) in [4.78, 5) is 2.60. The van der Waals surface area contributed by atoms with E-state index in [0.29, 0.717) is 6.04 Å². The lowest BCUT2D eigenvalue weighted by atomic mass is 9.90. The van der Waals surface area contributed by atoms with Gasteiger partial charge in [-0.3, -0.25) is 0 Å². The van der Waals surface area contributed by atoms with Gasteiger partial charge in [-0.15, -0.1) is 0 Å². The number of rotatable bonds is 5. The number of hydrogen-bond acceptors (Lipinski definition) is 2. The summed E-state index contributed by atoms with van der Waals surface area (Å²) in [6.07, 6.45) is 3.91. The average molecular weight is 339 g/mol. The van der Waals surface area contributed by atoms with Crippen LogP contribution < -0.4 is 5.32 Å². The fourth-order valence-corrected chi connectivity index (χ4v) is 3.49. The third-order valence-electron chi connectivity index (χ3n) is 4.45. The number of piperidine rings is 1. The van der Waals surface area contributed by atoms with Crippen LogP contribution in [0.25, 0.3) is 0 Å². The lowest BCUT2D eigenvalue weighted by Gasteiger charge is -2.35. The monoisotopic (exact) mass is 338 g/mol. The van der Waals surface area contributed by atoms with Gasteiger partial charge in [0.15, 0.2) is 0 Å². The lowest BCUT2D eigenvalue weighted by molar-refractivity contribution is 0.176. The number of hydrogen-bond donors (Lipinski definition) is 1. The van der Waals surface area contributed by atoms with Crippen LogP contribution in [0, 0.1) is 12.8 Å². The van der Waals surface area contributed by atoms with Gasteiger partial charge >= 0.3 is 0 Å². The van der Waals surface area contributed by atoms with Gasteiger partial charge < -0.3 is 10.2 Å². The van der Waals surface area contributed by atoms with Gasteiger partial charge in [0.2, 0.25) is 0 Å². The molecular weight excluding hydrogens is 312 g/mol. The van der Waals surface area contributed by atoms with Crippen LogP contribution in [0.15, 0.2) is 22.7 Å². The Morgan fingerprint density at radius 1 is 1.35 bits per heavy atom. The molecule has 0 radical (unpaired) electrons. The van der Waals surface area contributed by atoms with Crippen molar-refractivity contribution >= 4 is 21.6 Å². The van der Waals surface area contributed by atoms with Crippen molar-refractivity contribution in [2.75, 3.05) is 25.0 Å². The molecule has 1 aromatic carbocycles. The third-order valence-corrected chi connectivity index (χ3v) is 5.51. The van der Waals surface area contributed by atoms with E-state index in [2.05, 4.69) is 65.1 Å². The molecule has 112 valence electrons. The zero-order valence-electron chi connectivity index (χ0n) is 13.0. The molecule has 0 saturated carbocycles. The van der Waals surface area contributed by atoms with Gasteiger partial charge in [0.1, 0.15) is 0 Å². The van der Waals surface area contributed by atoms with Crippen molar-refractivity contribution in [2.45, 2.75) is 46.1 Å². The highest BCUT2D eigenvalue weighted by Crippen LogP contribution is 2.29. The highest BCUT2D eigenvalue weighted by Gasteiger charge is 2.23. The van der Waals surface area contributed by atoms with E-state index in [-0.39, 0.29) is 0 Å². The number of aryl methyl sites for hydroxylation is 1. The van der Waals surface area contributed by atoms with Crippen molar-refractivity contribution in [2.24, 2.45) is 5.92 Å². The third kappa shape index (κ3) is 3.98. The second-order valence-electron chi connectivity index (χ2n) is 6.05. The number of nitrogens with one attached hydrogen (secondary N) is 1. The van der Waals surface area contributed by atoms with E-state index in [4.69, 9.17) is 0 Å². The van der Waals surface area contributed by atoms with Crippen molar-refractivity contribution in [1.82, 2.24) is 4.90 Å². The Balaban J connectivity index is 1.89. The molecule has 1 saturated heterocycles. The van der Waals surface area contributed by atoms with Crippen LogP contribution in [0.3, 0.4) is 0 Å². The smallest absolute Gasteiger partial charge is 0.0489 e. The molecule has 0 aromatic heterocycles. The van der Waals surface area contributed by atoms with Gasteiger partial charge in [0.05, 0.1) is 0 Å². The van der Waals surface area contributed by atoms with Crippen molar-refractivity contribution in [1.29, 1.82) is 0 Å². The molecule has 0 bridgehead atoms. The summed E-state index contributed by atoms with van der Waals surface area (Å²) in [5.74, 6) is 0.788. The quantitative estimate of drug-likeness (QED) is 0.838. The highest BCUT2D eigenvalue weighted by molar-refractivity contribution is 9.10. The fourth-order valence-electron chi connectivity index (χ4n) is 3.11. The molecule has 0 amide bonds. The zero-order chi connectivity index (χ0) is 14.5. The van der Waals surface area contributed by atoms with Crippen molar-refractivity contribution in [3.05, 3.63) is 28.2 Å². The minimum Gasteiger partial charge on any atom is -0.381 e. The standard InChI is InChI=1S/C17H27BrN2/c1-4-10-20-11-8-15(9-12-20)14(3)19-16-7-5-6-13(2)17(16)18/h5-7,14-15,19H,4,8-12H2,1-3H3. The summed E-state index contributed by atoms with van der Waals surface area (Å²) < 4.78 is 1.20. The van der Waals surface area contributed by atoms with E-state index in [0.717, 1.165) is 5.92 Å². The van der Waals surface area contributed by atoms with Gasteiger partial charge in [-0.25, -0.2) is 0 Å². The number of anilines is 1. The molecule has 1 fully saturated rings. The topological polar surface area (TPSA) is 15.3 Å². The lowest BCUT2D eigenvalue weighted by Crippen LogP contribution is -2.39. The van der Waals surface area contributed by atoms with Gasteiger partial charge in [-0.05, 0) is 86.2 Å². The Morgan fingerprint density at radius 3 is 2.70 bits per heavy atom. The van der Waals surface area contributed by atoms with Crippen LogP contribution in [0.2, 0.25) is 0 Å². The van der Waals surface area contributed by atoms with E-state index in [1.54, 1.807) is 0 Å². The Kier molecular flexibility index (Phi) is 5.91. The molecule has 0 aliphatic carbocycles. The molecule has 1 atom stereocenters. The first-order valence-corrected chi connectivity index (χ1v) is 8.65. The van der Waals surface area contributed by atoms with Crippen molar-refractivity contribution in [3.8, 4) is 0 Å². The van der Waals surface area contributed by atoms with Crippen LogP contribution >= 0.6 is 15.9 Å². The second-order valence-corrected chi connectivity index (χ2v) is 6.84. The van der Waals surface area contributed by atoms with E-state index in [1.807, 2.05) is 0 Å². The molecule has 20 heavy (non-hydrogen) atoms. The fraction of sp³-hybridized carbons (Fsp3) is 0.647. The summed E-state index contributed by atoms with van der Waals surface area (Å²) in [7, 11) is 0. The van der Waals surface area contributed by atoms with Crippen molar-refractivity contribution in [3.63, 3.8) is 0 Å². The molecule has 1 heterocycles. The molecule has 1 unspecified atom stereocenters. The number of halogens is 1. The minimum atomic E-state index is 0.539. The molecule has 1 aliphatic rings. The Hall–Kier alpha value is -0.540. The van der Waals surface area contributed by atoms with Crippen LogP contribution in [0.1, 0.15) is 38.7 Å². The van der Waals surface area contributed by atoms with E-state index in [9.17, 15) is 0 Å².